The molecule has 0 spiro atoms. The Morgan fingerprint density at radius 3 is 2.43 bits per heavy atom. The number of hydrogen-bond acceptors (Lipinski definition) is 4. The molecule has 21 heavy (non-hydrogen) atoms. The van der Waals surface area contributed by atoms with E-state index in [1.807, 2.05) is 12.3 Å². The molecule has 2 aromatic rings. The lowest BCUT2D eigenvalue weighted by Crippen LogP contribution is -2.34. The zero-order valence-corrected chi connectivity index (χ0v) is 12.2. The first-order valence-electron chi connectivity index (χ1n) is 6.51. The highest BCUT2D eigenvalue weighted by Crippen LogP contribution is 2.11. The maximum Gasteiger partial charge on any atom is 0.338 e. The third-order valence-electron chi connectivity index (χ3n) is 2.94. The highest BCUT2D eigenvalue weighted by atomic mass is 16.5. The van der Waals surface area contributed by atoms with Crippen LogP contribution in [0, 0.1) is 0 Å². The zero-order chi connectivity index (χ0) is 15.4. The van der Waals surface area contributed by atoms with Gasteiger partial charge in [0.25, 0.3) is 5.91 Å². The number of aromatic nitrogens is 2. The number of amides is 1. The third-order valence-corrected chi connectivity index (χ3v) is 2.94. The predicted molar refractivity (Wildman–Crippen MR) is 77.1 cm³/mol. The number of likely N-dealkylation sites (N-methyl/N-ethyl adjacent to an activating group) is 1. The van der Waals surface area contributed by atoms with Gasteiger partial charge in [-0.1, -0.05) is 0 Å². The molecule has 0 aliphatic rings. The molecule has 1 aromatic carbocycles. The highest BCUT2D eigenvalue weighted by Gasteiger charge is 2.20. The Kier molecular flexibility index (Phi) is 4.37. The fourth-order valence-corrected chi connectivity index (χ4v) is 1.81. The van der Waals surface area contributed by atoms with E-state index in [9.17, 15) is 9.59 Å². The van der Waals surface area contributed by atoms with Crippen molar-refractivity contribution in [2.45, 2.75) is 13.0 Å². The van der Waals surface area contributed by atoms with Crippen molar-refractivity contribution in [3.63, 3.8) is 0 Å². The van der Waals surface area contributed by atoms with Crippen molar-refractivity contribution in [1.29, 1.82) is 0 Å². The van der Waals surface area contributed by atoms with Crippen LogP contribution < -0.4 is 0 Å². The molecule has 0 saturated carbocycles. The van der Waals surface area contributed by atoms with E-state index in [0.717, 1.165) is 5.69 Å². The molecule has 0 aliphatic heterocycles. The van der Waals surface area contributed by atoms with E-state index in [-0.39, 0.29) is 5.91 Å². The van der Waals surface area contributed by atoms with Crippen LogP contribution in [-0.4, -0.2) is 46.8 Å². The van der Waals surface area contributed by atoms with Gasteiger partial charge in [-0.3, -0.25) is 4.79 Å². The van der Waals surface area contributed by atoms with Gasteiger partial charge in [-0.05, 0) is 37.3 Å². The average molecular weight is 287 g/mol. The van der Waals surface area contributed by atoms with Gasteiger partial charge in [0.1, 0.15) is 0 Å². The standard InChI is InChI=1S/C15H17N3O3/c1-11(14(19)17(2)3)21-15(20)12-5-7-13(8-6-12)18-10-4-9-16-18/h4-11H,1-3H3/t11-/m0/s1. The largest absolute Gasteiger partial charge is 0.449 e. The van der Waals surface area contributed by atoms with E-state index >= 15 is 0 Å². The summed E-state index contributed by atoms with van der Waals surface area (Å²) in [7, 11) is 3.23. The third kappa shape index (κ3) is 3.47. The Hall–Kier alpha value is -2.63. The summed E-state index contributed by atoms with van der Waals surface area (Å²) in [6.07, 6.45) is 2.68. The van der Waals surface area contributed by atoms with E-state index < -0.39 is 12.1 Å². The van der Waals surface area contributed by atoms with E-state index in [0.29, 0.717) is 5.56 Å². The fourth-order valence-electron chi connectivity index (χ4n) is 1.81. The normalized spacial score (nSPS) is 11.8. The van der Waals surface area contributed by atoms with E-state index in [1.165, 1.54) is 4.90 Å². The minimum atomic E-state index is -0.807. The first kappa shape index (κ1) is 14.8. The lowest BCUT2D eigenvalue weighted by molar-refractivity contribution is -0.137. The fraction of sp³-hybridized carbons (Fsp3) is 0.267. The molecule has 110 valence electrons. The first-order valence-corrected chi connectivity index (χ1v) is 6.51. The minimum Gasteiger partial charge on any atom is -0.449 e. The summed E-state index contributed by atoms with van der Waals surface area (Å²) >= 11 is 0. The summed E-state index contributed by atoms with van der Waals surface area (Å²) in [6, 6.07) is 8.64. The number of hydrogen-bond donors (Lipinski definition) is 0. The molecule has 0 radical (unpaired) electrons. The molecule has 0 unspecified atom stereocenters. The maximum atomic E-state index is 12.0. The van der Waals surface area contributed by atoms with Gasteiger partial charge in [-0.25, -0.2) is 9.48 Å². The molecule has 2 rings (SSSR count). The van der Waals surface area contributed by atoms with Crippen molar-refractivity contribution in [3.8, 4) is 5.69 Å². The van der Waals surface area contributed by atoms with Crippen LogP contribution in [0.5, 0.6) is 0 Å². The Balaban J connectivity index is 2.05. The van der Waals surface area contributed by atoms with Crippen LogP contribution in [0.4, 0.5) is 0 Å². The summed E-state index contributed by atoms with van der Waals surface area (Å²) in [5.41, 5.74) is 1.23. The summed E-state index contributed by atoms with van der Waals surface area (Å²) in [5, 5.41) is 4.10. The molecule has 0 N–H and O–H groups in total. The Bertz CT molecular complexity index is 618. The quantitative estimate of drug-likeness (QED) is 0.799. The van der Waals surface area contributed by atoms with Gasteiger partial charge < -0.3 is 9.64 Å². The lowest BCUT2D eigenvalue weighted by Gasteiger charge is -2.17. The summed E-state index contributed by atoms with van der Waals surface area (Å²) < 4.78 is 6.83. The van der Waals surface area contributed by atoms with Crippen LogP contribution >= 0.6 is 0 Å². The summed E-state index contributed by atoms with van der Waals surface area (Å²) in [4.78, 5) is 25.0. The number of carbonyl (C=O) groups excluding carboxylic acids is 2. The number of nitrogens with zero attached hydrogens (tertiary/aromatic N) is 3. The van der Waals surface area contributed by atoms with Crippen LogP contribution in [0.15, 0.2) is 42.7 Å². The topological polar surface area (TPSA) is 64.4 Å². The van der Waals surface area contributed by atoms with Gasteiger partial charge in [-0.2, -0.15) is 5.10 Å². The van der Waals surface area contributed by atoms with Crippen molar-refractivity contribution in [2.75, 3.05) is 14.1 Å². The van der Waals surface area contributed by atoms with Crippen molar-refractivity contribution >= 4 is 11.9 Å². The van der Waals surface area contributed by atoms with Crippen LogP contribution in [0.2, 0.25) is 0 Å². The van der Waals surface area contributed by atoms with Crippen LogP contribution in [0.3, 0.4) is 0 Å². The van der Waals surface area contributed by atoms with Gasteiger partial charge >= 0.3 is 5.97 Å². The number of benzene rings is 1. The van der Waals surface area contributed by atoms with Gasteiger partial charge in [-0.15, -0.1) is 0 Å². The molecule has 0 saturated heterocycles. The van der Waals surface area contributed by atoms with Gasteiger partial charge in [0.05, 0.1) is 11.3 Å². The van der Waals surface area contributed by atoms with E-state index in [4.69, 9.17) is 4.74 Å². The number of rotatable bonds is 4. The smallest absolute Gasteiger partial charge is 0.338 e. The van der Waals surface area contributed by atoms with Crippen molar-refractivity contribution < 1.29 is 14.3 Å². The second-order valence-corrected chi connectivity index (χ2v) is 4.78. The highest BCUT2D eigenvalue weighted by molar-refractivity contribution is 5.92. The maximum absolute atomic E-state index is 12.0. The van der Waals surface area contributed by atoms with Crippen LogP contribution in [-0.2, 0) is 9.53 Å². The molecule has 1 aromatic heterocycles. The second kappa shape index (κ2) is 6.21. The van der Waals surface area contributed by atoms with Gasteiger partial charge in [0, 0.05) is 26.5 Å². The Labute approximate surface area is 122 Å². The van der Waals surface area contributed by atoms with Gasteiger partial charge in [0.15, 0.2) is 6.10 Å². The Morgan fingerprint density at radius 1 is 1.24 bits per heavy atom. The molecule has 6 heteroatoms. The Morgan fingerprint density at radius 2 is 1.90 bits per heavy atom. The van der Waals surface area contributed by atoms with Crippen LogP contribution in [0.25, 0.3) is 5.69 Å². The van der Waals surface area contributed by atoms with E-state index in [1.54, 1.807) is 56.2 Å². The molecule has 1 atom stereocenters. The minimum absolute atomic E-state index is 0.253. The van der Waals surface area contributed by atoms with Crippen LogP contribution in [0.1, 0.15) is 17.3 Å². The van der Waals surface area contributed by atoms with Crippen molar-refractivity contribution in [1.82, 2.24) is 14.7 Å². The monoisotopic (exact) mass is 287 g/mol. The number of ether oxygens (including phenoxy) is 1. The zero-order valence-electron chi connectivity index (χ0n) is 12.2. The van der Waals surface area contributed by atoms with Crippen molar-refractivity contribution in [3.05, 3.63) is 48.3 Å². The molecule has 0 aliphatic carbocycles. The van der Waals surface area contributed by atoms with Crippen molar-refractivity contribution in [2.24, 2.45) is 0 Å². The molecule has 0 bridgehead atoms. The van der Waals surface area contributed by atoms with E-state index in [2.05, 4.69) is 5.10 Å². The first-order chi connectivity index (χ1) is 9.99. The SMILES string of the molecule is C[C@H](OC(=O)c1ccc(-n2cccn2)cc1)C(=O)N(C)C. The average Bonchev–Trinajstić information content (AvgIpc) is 3.00. The molecular weight excluding hydrogens is 270 g/mol. The number of esters is 1. The molecule has 0 fully saturated rings. The lowest BCUT2D eigenvalue weighted by atomic mass is 10.2. The molecule has 6 nitrogen and oxygen atoms in total. The summed E-state index contributed by atoms with van der Waals surface area (Å²) in [5.74, 6) is -0.777. The molecule has 1 amide bonds. The summed E-state index contributed by atoms with van der Waals surface area (Å²) in [6.45, 7) is 1.55. The number of carbonyl (C=O) groups is 2. The predicted octanol–water partition coefficient (Wildman–Crippen LogP) is 1.51. The second-order valence-electron chi connectivity index (χ2n) is 4.78. The molecular formula is C15H17N3O3. The molecule has 1 heterocycles. The van der Waals surface area contributed by atoms with Gasteiger partial charge in [0.2, 0.25) is 0 Å².